The van der Waals surface area contributed by atoms with Crippen molar-refractivity contribution in [1.29, 1.82) is 0 Å². The summed E-state index contributed by atoms with van der Waals surface area (Å²) in [4.78, 5) is 11.7. The van der Waals surface area contributed by atoms with Crippen LogP contribution >= 0.6 is 0 Å². The van der Waals surface area contributed by atoms with Gasteiger partial charge in [-0.1, -0.05) is 36.4 Å². The molecule has 29 heavy (non-hydrogen) atoms. The highest BCUT2D eigenvalue weighted by Gasteiger charge is 2.59. The van der Waals surface area contributed by atoms with E-state index in [1.807, 2.05) is 0 Å². The number of benzene rings is 2. The van der Waals surface area contributed by atoms with Crippen LogP contribution in [0.4, 0.5) is 8.78 Å². The summed E-state index contributed by atoms with van der Waals surface area (Å²) in [6.45, 7) is 2.90. The quantitative estimate of drug-likeness (QED) is 0.575. The van der Waals surface area contributed by atoms with Gasteiger partial charge in [-0.2, -0.15) is 8.78 Å². The topological polar surface area (TPSA) is 26.3 Å². The zero-order valence-electron chi connectivity index (χ0n) is 17.1. The maximum absolute atomic E-state index is 13.4. The zero-order valence-corrected chi connectivity index (χ0v) is 17.1. The first kappa shape index (κ1) is 19.0. The third-order valence-electron chi connectivity index (χ3n) is 7.76. The largest absolute Gasteiger partial charge is 0.461 e. The van der Waals surface area contributed by atoms with Gasteiger partial charge in [0.25, 0.3) is 0 Å². The van der Waals surface area contributed by atoms with E-state index in [0.29, 0.717) is 18.8 Å². The molecule has 4 heteroatoms. The van der Waals surface area contributed by atoms with Gasteiger partial charge in [-0.25, -0.2) is 4.79 Å². The number of halogens is 2. The van der Waals surface area contributed by atoms with Gasteiger partial charge in [0.05, 0.1) is 6.61 Å². The van der Waals surface area contributed by atoms with Gasteiger partial charge in [0.2, 0.25) is 0 Å². The van der Waals surface area contributed by atoms with E-state index in [1.165, 1.54) is 28.3 Å². The molecule has 0 aromatic heterocycles. The number of rotatable bonds is 4. The number of fused-ring (bicyclic) bond motifs is 1. The monoisotopic (exact) mass is 398 g/mol. The normalized spacial score (nSPS) is 33.2. The molecule has 2 aromatic carbocycles. The van der Waals surface area contributed by atoms with Crippen molar-refractivity contribution in [2.75, 3.05) is 6.61 Å². The molecule has 2 nitrogen and oxygen atoms in total. The van der Waals surface area contributed by atoms with Crippen molar-refractivity contribution < 1.29 is 18.3 Å². The predicted octanol–water partition coefficient (Wildman–Crippen LogP) is 6.18. The minimum Gasteiger partial charge on any atom is -0.461 e. The first-order chi connectivity index (χ1) is 13.7. The summed E-state index contributed by atoms with van der Waals surface area (Å²) in [5.41, 5.74) is 2.60. The van der Waals surface area contributed by atoms with E-state index in [4.69, 9.17) is 4.74 Å². The van der Waals surface area contributed by atoms with Gasteiger partial charge in [0, 0.05) is 12.3 Å². The Morgan fingerprint density at radius 2 is 1.72 bits per heavy atom. The number of ether oxygens (including phenoxy) is 1. The molecule has 6 rings (SSSR count). The minimum atomic E-state index is -3.42. The highest BCUT2D eigenvalue weighted by atomic mass is 19.3. The van der Waals surface area contributed by atoms with Crippen LogP contribution in [0.1, 0.15) is 56.6 Å². The van der Waals surface area contributed by atoms with Crippen LogP contribution in [0.15, 0.2) is 36.4 Å². The number of hydrogen-bond donors (Lipinski definition) is 0. The summed E-state index contributed by atoms with van der Waals surface area (Å²) in [5, 5.41) is 2.62. The molecule has 4 saturated carbocycles. The first-order valence-electron chi connectivity index (χ1n) is 10.7. The standard InChI is InChI=1S/C25H28F2O2/c1-16-7-8-21(20-6-4-3-5-19(16)20)25-12-17-9-18(13-25)11-24(10-17,14-25)15-29-22(28)23(2,26)27/h3-8,17-18H,9-15H2,1-2H3. The van der Waals surface area contributed by atoms with Gasteiger partial charge in [0.1, 0.15) is 0 Å². The summed E-state index contributed by atoms with van der Waals surface area (Å²) in [6.07, 6.45) is 6.48. The Bertz CT molecular complexity index is 960. The van der Waals surface area contributed by atoms with Crippen LogP contribution in [0.5, 0.6) is 0 Å². The second kappa shape index (κ2) is 6.26. The van der Waals surface area contributed by atoms with Crippen LogP contribution in [0, 0.1) is 24.2 Å². The minimum absolute atomic E-state index is 0.0680. The molecule has 154 valence electrons. The van der Waals surface area contributed by atoms with Gasteiger partial charge >= 0.3 is 11.9 Å². The maximum atomic E-state index is 13.4. The number of carbonyl (C=O) groups is 1. The van der Waals surface area contributed by atoms with E-state index >= 15 is 0 Å². The van der Waals surface area contributed by atoms with E-state index in [-0.39, 0.29) is 17.4 Å². The molecular formula is C25H28F2O2. The van der Waals surface area contributed by atoms with Crippen LogP contribution in [-0.2, 0) is 14.9 Å². The van der Waals surface area contributed by atoms with Crippen molar-refractivity contribution in [1.82, 2.24) is 0 Å². The smallest absolute Gasteiger partial charge is 0.376 e. The van der Waals surface area contributed by atoms with E-state index in [0.717, 1.165) is 32.1 Å². The molecule has 4 bridgehead atoms. The molecule has 0 saturated heterocycles. The Balaban J connectivity index is 1.52. The van der Waals surface area contributed by atoms with Crippen molar-refractivity contribution in [3.8, 4) is 0 Å². The molecule has 0 aliphatic heterocycles. The summed E-state index contributed by atoms with van der Waals surface area (Å²) in [6, 6.07) is 13.1. The second-order valence-electron chi connectivity index (χ2n) is 10.2. The Labute approximate surface area is 170 Å². The van der Waals surface area contributed by atoms with Gasteiger partial charge in [-0.05, 0) is 84.6 Å². The number of carbonyl (C=O) groups excluding carboxylic acids is 1. The lowest BCUT2D eigenvalue weighted by Gasteiger charge is -2.62. The molecule has 2 atom stereocenters. The fourth-order valence-electron chi connectivity index (χ4n) is 7.19. The number of hydrogen-bond acceptors (Lipinski definition) is 2. The lowest BCUT2D eigenvalue weighted by molar-refractivity contribution is -0.180. The average Bonchev–Trinajstić information content (AvgIpc) is 2.64. The first-order valence-corrected chi connectivity index (χ1v) is 10.7. The molecule has 0 heterocycles. The van der Waals surface area contributed by atoms with Crippen LogP contribution in [0.25, 0.3) is 10.8 Å². The number of alkyl halides is 2. The molecule has 0 amide bonds. The number of esters is 1. The molecule has 4 aliphatic rings. The maximum Gasteiger partial charge on any atom is 0.376 e. The Hall–Kier alpha value is -1.97. The lowest BCUT2D eigenvalue weighted by Crippen LogP contribution is -2.56. The molecule has 2 unspecified atom stereocenters. The third-order valence-corrected chi connectivity index (χ3v) is 7.76. The van der Waals surface area contributed by atoms with Crippen LogP contribution in [0.2, 0.25) is 0 Å². The van der Waals surface area contributed by atoms with Crippen LogP contribution in [0.3, 0.4) is 0 Å². The van der Waals surface area contributed by atoms with E-state index in [9.17, 15) is 13.6 Å². The average molecular weight is 398 g/mol. The highest BCUT2D eigenvalue weighted by Crippen LogP contribution is 2.66. The van der Waals surface area contributed by atoms with E-state index in [2.05, 4.69) is 43.3 Å². The molecule has 0 spiro atoms. The van der Waals surface area contributed by atoms with Crippen molar-refractivity contribution in [3.05, 3.63) is 47.5 Å². The highest BCUT2D eigenvalue weighted by molar-refractivity contribution is 5.89. The van der Waals surface area contributed by atoms with Gasteiger partial charge in [-0.3, -0.25) is 0 Å². The molecule has 0 radical (unpaired) electrons. The fraction of sp³-hybridized carbons (Fsp3) is 0.560. The van der Waals surface area contributed by atoms with Crippen molar-refractivity contribution in [2.24, 2.45) is 17.3 Å². The summed E-state index contributed by atoms with van der Waals surface area (Å²) in [5.74, 6) is -3.62. The zero-order chi connectivity index (χ0) is 20.4. The third kappa shape index (κ3) is 3.06. The molecule has 4 aliphatic carbocycles. The second-order valence-corrected chi connectivity index (χ2v) is 10.2. The number of aryl methyl sites for hydroxylation is 1. The van der Waals surface area contributed by atoms with Crippen molar-refractivity contribution in [3.63, 3.8) is 0 Å². The van der Waals surface area contributed by atoms with Crippen molar-refractivity contribution in [2.45, 2.75) is 63.7 Å². The molecular weight excluding hydrogens is 370 g/mol. The Kier molecular flexibility index (Phi) is 4.11. The van der Waals surface area contributed by atoms with Gasteiger partial charge in [0.15, 0.2) is 0 Å². The SMILES string of the molecule is Cc1ccc(C23CC4CC(CC(COC(=O)C(C)(F)F)(C4)C2)C3)c2ccccc12. The summed E-state index contributed by atoms with van der Waals surface area (Å²) >= 11 is 0. The van der Waals surface area contributed by atoms with Crippen LogP contribution in [-0.4, -0.2) is 18.5 Å². The molecule has 2 aromatic rings. The van der Waals surface area contributed by atoms with E-state index in [1.54, 1.807) is 0 Å². The predicted molar refractivity (Wildman–Crippen MR) is 109 cm³/mol. The Morgan fingerprint density at radius 1 is 1.07 bits per heavy atom. The van der Waals surface area contributed by atoms with Crippen molar-refractivity contribution >= 4 is 16.7 Å². The molecule has 0 N–H and O–H groups in total. The summed E-state index contributed by atoms with van der Waals surface area (Å²) in [7, 11) is 0. The Morgan fingerprint density at radius 3 is 2.38 bits per heavy atom. The fourth-order valence-corrected chi connectivity index (χ4v) is 7.19. The van der Waals surface area contributed by atoms with Gasteiger partial charge in [-0.15, -0.1) is 0 Å². The lowest BCUT2D eigenvalue weighted by atomic mass is 9.43. The van der Waals surface area contributed by atoms with E-state index < -0.39 is 11.9 Å². The van der Waals surface area contributed by atoms with Crippen LogP contribution < -0.4 is 0 Å². The van der Waals surface area contributed by atoms with Gasteiger partial charge < -0.3 is 4.74 Å². The molecule has 4 fully saturated rings. The summed E-state index contributed by atoms with van der Waals surface area (Å²) < 4.78 is 31.9.